The van der Waals surface area contributed by atoms with Crippen molar-refractivity contribution < 1.29 is 14.3 Å². The summed E-state index contributed by atoms with van der Waals surface area (Å²) < 4.78 is 7.34. The van der Waals surface area contributed by atoms with E-state index in [0.29, 0.717) is 32.1 Å². The molecule has 2 aliphatic heterocycles. The highest BCUT2D eigenvalue weighted by atomic mass is 32.2. The maximum Gasteiger partial charge on any atom is 0.242 e. The number of hydrogen-bond donors (Lipinski definition) is 0. The van der Waals surface area contributed by atoms with E-state index in [9.17, 15) is 9.59 Å². The van der Waals surface area contributed by atoms with Gasteiger partial charge in [0.05, 0.1) is 35.6 Å². The van der Waals surface area contributed by atoms with Gasteiger partial charge in [-0.05, 0) is 31.0 Å². The summed E-state index contributed by atoms with van der Waals surface area (Å²) in [7, 11) is 0. The lowest BCUT2D eigenvalue weighted by atomic mass is 9.98. The standard InChI is InChI=1S/C32H32N4O3S/c1-22-9-8-13-25(19-22)31-29-30(24-11-4-3-5-12-24)33-36(26-14-7-6-10-23(26)2)32(29)35(28(38)21-40-31)20-27(37)34-15-17-39-18-16-34/h3-14,19,31H,15-18,20-21H2,1-2H3/t31-/m0/s1. The molecule has 3 aromatic carbocycles. The molecule has 1 saturated heterocycles. The highest BCUT2D eigenvalue weighted by Gasteiger charge is 2.38. The van der Waals surface area contributed by atoms with Crippen LogP contribution in [-0.2, 0) is 14.3 Å². The summed E-state index contributed by atoms with van der Waals surface area (Å²) in [5.41, 5.74) is 6.92. The molecule has 1 aromatic heterocycles. The highest BCUT2D eigenvalue weighted by Crippen LogP contribution is 2.48. The first kappa shape index (κ1) is 26.3. The molecular formula is C32H32N4O3S. The topological polar surface area (TPSA) is 67.7 Å². The van der Waals surface area contributed by atoms with Crippen molar-refractivity contribution in [2.24, 2.45) is 0 Å². The Kier molecular flexibility index (Phi) is 7.45. The Morgan fingerprint density at radius 3 is 2.48 bits per heavy atom. The van der Waals surface area contributed by atoms with Gasteiger partial charge in [0.15, 0.2) is 0 Å². The molecule has 204 valence electrons. The molecule has 4 aromatic rings. The molecular weight excluding hydrogens is 520 g/mol. The minimum Gasteiger partial charge on any atom is -0.378 e. The Labute approximate surface area is 238 Å². The number of thioether (sulfide) groups is 1. The summed E-state index contributed by atoms with van der Waals surface area (Å²) in [4.78, 5) is 30.9. The van der Waals surface area contributed by atoms with Gasteiger partial charge >= 0.3 is 0 Å². The van der Waals surface area contributed by atoms with Gasteiger partial charge in [0, 0.05) is 24.2 Å². The number of carbonyl (C=O) groups is 2. The lowest BCUT2D eigenvalue weighted by Crippen LogP contribution is -2.48. The number of ether oxygens (including phenoxy) is 1. The summed E-state index contributed by atoms with van der Waals surface area (Å²) in [6.45, 7) is 6.16. The third kappa shape index (κ3) is 5.05. The van der Waals surface area contributed by atoms with Crippen LogP contribution >= 0.6 is 11.8 Å². The van der Waals surface area contributed by atoms with Crippen LogP contribution in [0.25, 0.3) is 16.9 Å². The van der Waals surface area contributed by atoms with Crippen LogP contribution in [0.2, 0.25) is 0 Å². The predicted molar refractivity (Wildman–Crippen MR) is 159 cm³/mol. The van der Waals surface area contributed by atoms with E-state index < -0.39 is 0 Å². The number of benzene rings is 3. The number of anilines is 1. The molecule has 6 rings (SSSR count). The first-order chi connectivity index (χ1) is 19.5. The molecule has 40 heavy (non-hydrogen) atoms. The summed E-state index contributed by atoms with van der Waals surface area (Å²) in [6.07, 6.45) is 0. The number of morpholine rings is 1. The molecule has 2 aliphatic rings. The Hall–Kier alpha value is -3.88. The van der Waals surface area contributed by atoms with E-state index in [0.717, 1.165) is 39.2 Å². The molecule has 3 heterocycles. The van der Waals surface area contributed by atoms with Crippen LogP contribution in [0.4, 0.5) is 5.82 Å². The van der Waals surface area contributed by atoms with Gasteiger partial charge in [-0.2, -0.15) is 5.10 Å². The van der Waals surface area contributed by atoms with Gasteiger partial charge in [-0.15, -0.1) is 11.8 Å². The first-order valence-corrected chi connectivity index (χ1v) is 14.6. The quantitative estimate of drug-likeness (QED) is 0.341. The monoisotopic (exact) mass is 552 g/mol. The predicted octanol–water partition coefficient (Wildman–Crippen LogP) is 5.18. The molecule has 2 amide bonds. The Morgan fingerprint density at radius 2 is 1.73 bits per heavy atom. The zero-order valence-electron chi connectivity index (χ0n) is 22.7. The molecule has 0 N–H and O–H groups in total. The van der Waals surface area contributed by atoms with E-state index in [-0.39, 0.29) is 29.4 Å². The molecule has 1 fully saturated rings. The van der Waals surface area contributed by atoms with E-state index >= 15 is 0 Å². The van der Waals surface area contributed by atoms with E-state index in [1.807, 2.05) is 54.1 Å². The number of aryl methyl sites for hydroxylation is 2. The van der Waals surface area contributed by atoms with Crippen LogP contribution in [0.1, 0.15) is 27.5 Å². The first-order valence-electron chi connectivity index (χ1n) is 13.6. The number of nitrogens with zero attached hydrogens (tertiary/aromatic N) is 4. The maximum absolute atomic E-state index is 13.9. The van der Waals surface area contributed by atoms with Crippen molar-refractivity contribution in [3.63, 3.8) is 0 Å². The highest BCUT2D eigenvalue weighted by molar-refractivity contribution is 8.00. The Balaban J connectivity index is 1.60. The maximum atomic E-state index is 13.9. The van der Waals surface area contributed by atoms with Crippen molar-refractivity contribution in [1.82, 2.24) is 14.7 Å². The molecule has 0 bridgehead atoms. The zero-order valence-corrected chi connectivity index (χ0v) is 23.6. The van der Waals surface area contributed by atoms with Crippen LogP contribution in [0.15, 0.2) is 78.9 Å². The van der Waals surface area contributed by atoms with Crippen molar-refractivity contribution >= 4 is 29.4 Å². The second-order valence-electron chi connectivity index (χ2n) is 10.2. The summed E-state index contributed by atoms with van der Waals surface area (Å²) in [6, 6.07) is 26.6. The van der Waals surface area contributed by atoms with Gasteiger partial charge in [0.25, 0.3) is 0 Å². The van der Waals surface area contributed by atoms with Crippen LogP contribution in [0.5, 0.6) is 0 Å². The molecule has 0 radical (unpaired) electrons. The largest absolute Gasteiger partial charge is 0.378 e. The smallest absolute Gasteiger partial charge is 0.242 e. The van der Waals surface area contributed by atoms with Gasteiger partial charge in [0.2, 0.25) is 11.8 Å². The fourth-order valence-electron chi connectivity index (χ4n) is 5.44. The summed E-state index contributed by atoms with van der Waals surface area (Å²) in [5, 5.41) is 5.06. The molecule has 0 aliphatic carbocycles. The number of amides is 2. The average Bonchev–Trinajstić information content (AvgIpc) is 3.30. The normalized spacial score (nSPS) is 17.4. The zero-order chi connectivity index (χ0) is 27.6. The molecule has 0 unspecified atom stereocenters. The molecule has 7 nitrogen and oxygen atoms in total. The van der Waals surface area contributed by atoms with Crippen molar-refractivity contribution in [3.05, 3.63) is 101 Å². The van der Waals surface area contributed by atoms with Crippen LogP contribution in [0, 0.1) is 13.8 Å². The van der Waals surface area contributed by atoms with E-state index in [4.69, 9.17) is 9.84 Å². The second kappa shape index (κ2) is 11.3. The van der Waals surface area contributed by atoms with Crippen LogP contribution in [-0.4, -0.2) is 65.1 Å². The van der Waals surface area contributed by atoms with Gasteiger partial charge in [-0.25, -0.2) is 4.68 Å². The second-order valence-corrected chi connectivity index (χ2v) is 11.3. The van der Waals surface area contributed by atoms with Crippen molar-refractivity contribution in [2.75, 3.05) is 43.5 Å². The summed E-state index contributed by atoms with van der Waals surface area (Å²) in [5.74, 6) is 0.736. The van der Waals surface area contributed by atoms with Gasteiger partial charge in [0.1, 0.15) is 12.4 Å². The van der Waals surface area contributed by atoms with Crippen LogP contribution in [0.3, 0.4) is 0 Å². The van der Waals surface area contributed by atoms with Gasteiger partial charge in [-0.1, -0.05) is 78.4 Å². The Bertz CT molecular complexity index is 1550. The fourth-order valence-corrected chi connectivity index (χ4v) is 6.63. The fraction of sp³-hybridized carbons (Fsp3) is 0.281. The van der Waals surface area contributed by atoms with E-state index in [1.165, 1.54) is 0 Å². The number of aromatic nitrogens is 2. The van der Waals surface area contributed by atoms with E-state index in [1.54, 1.807) is 21.6 Å². The number of fused-ring (bicyclic) bond motifs is 1. The van der Waals surface area contributed by atoms with Crippen molar-refractivity contribution in [1.29, 1.82) is 0 Å². The minimum atomic E-state index is -0.143. The molecule has 8 heteroatoms. The van der Waals surface area contributed by atoms with Gasteiger partial charge in [-0.3, -0.25) is 14.5 Å². The third-order valence-electron chi connectivity index (χ3n) is 7.48. The number of rotatable bonds is 5. The number of hydrogen-bond acceptors (Lipinski definition) is 5. The Morgan fingerprint density at radius 1 is 0.975 bits per heavy atom. The number of carbonyl (C=O) groups excluding carboxylic acids is 2. The lowest BCUT2D eigenvalue weighted by molar-refractivity contribution is -0.134. The van der Waals surface area contributed by atoms with E-state index in [2.05, 4.69) is 43.3 Å². The summed E-state index contributed by atoms with van der Waals surface area (Å²) >= 11 is 1.60. The molecule has 1 atom stereocenters. The molecule has 0 saturated carbocycles. The minimum absolute atomic E-state index is 0.0429. The average molecular weight is 553 g/mol. The van der Waals surface area contributed by atoms with Crippen molar-refractivity contribution in [3.8, 4) is 16.9 Å². The van der Waals surface area contributed by atoms with Crippen LogP contribution < -0.4 is 4.90 Å². The third-order valence-corrected chi connectivity index (χ3v) is 8.74. The molecule has 0 spiro atoms. The SMILES string of the molecule is Cc1cccc([C@@H]2SCC(=O)N(CC(=O)N3CCOCC3)c3c2c(-c2ccccc2)nn3-c2ccccc2C)c1. The van der Waals surface area contributed by atoms with Gasteiger partial charge < -0.3 is 9.64 Å². The lowest BCUT2D eigenvalue weighted by Gasteiger charge is -2.30. The van der Waals surface area contributed by atoms with Crippen molar-refractivity contribution in [2.45, 2.75) is 19.1 Å². The number of para-hydroxylation sites is 1.